The zero-order valence-corrected chi connectivity index (χ0v) is 11.7. The maximum Gasteiger partial charge on any atom is 0.123 e. The van der Waals surface area contributed by atoms with Crippen molar-refractivity contribution >= 4 is 0 Å². The van der Waals surface area contributed by atoms with Crippen molar-refractivity contribution in [2.45, 2.75) is 51.2 Å². The highest BCUT2D eigenvalue weighted by atomic mass is 19.1. The molecule has 1 aromatic carbocycles. The molecular weight excluding hydrogens is 239 g/mol. The number of hydrogen-bond acceptors (Lipinski definition) is 2. The molecule has 0 spiro atoms. The van der Waals surface area contributed by atoms with Gasteiger partial charge in [0.2, 0.25) is 0 Å². The van der Waals surface area contributed by atoms with Crippen molar-refractivity contribution in [3.63, 3.8) is 0 Å². The van der Waals surface area contributed by atoms with Crippen molar-refractivity contribution in [1.29, 1.82) is 0 Å². The van der Waals surface area contributed by atoms with Crippen LogP contribution in [0, 0.1) is 12.7 Å². The Labute approximate surface area is 115 Å². The molecule has 2 aliphatic rings. The quantitative estimate of drug-likeness (QED) is 0.878. The first kappa shape index (κ1) is 13.1. The summed E-state index contributed by atoms with van der Waals surface area (Å²) >= 11 is 0. The molecule has 104 valence electrons. The second-order valence-corrected chi connectivity index (χ2v) is 6.02. The molecule has 1 unspecified atom stereocenters. The molecule has 0 radical (unpaired) electrons. The van der Waals surface area contributed by atoms with E-state index in [0.29, 0.717) is 6.04 Å². The van der Waals surface area contributed by atoms with Crippen LogP contribution in [0.5, 0.6) is 0 Å². The van der Waals surface area contributed by atoms with Gasteiger partial charge in [-0.25, -0.2) is 4.39 Å². The largest absolute Gasteiger partial charge is 0.313 e. The van der Waals surface area contributed by atoms with E-state index in [9.17, 15) is 4.39 Å². The van der Waals surface area contributed by atoms with Gasteiger partial charge in [0.05, 0.1) is 0 Å². The summed E-state index contributed by atoms with van der Waals surface area (Å²) in [7, 11) is 0. The van der Waals surface area contributed by atoms with Crippen molar-refractivity contribution in [3.8, 4) is 0 Å². The van der Waals surface area contributed by atoms with Crippen LogP contribution in [-0.2, 0) is 6.54 Å². The fraction of sp³-hybridized carbons (Fsp3) is 0.625. The van der Waals surface area contributed by atoms with Gasteiger partial charge in [0.25, 0.3) is 0 Å². The van der Waals surface area contributed by atoms with E-state index in [1.54, 1.807) is 12.1 Å². The molecule has 1 aromatic rings. The average Bonchev–Trinajstić information content (AvgIpc) is 3.10. The first-order chi connectivity index (χ1) is 9.22. The lowest BCUT2D eigenvalue weighted by Crippen LogP contribution is -2.38. The highest BCUT2D eigenvalue weighted by Crippen LogP contribution is 2.29. The highest BCUT2D eigenvalue weighted by molar-refractivity contribution is 5.26. The van der Waals surface area contributed by atoms with Crippen molar-refractivity contribution in [1.82, 2.24) is 10.2 Å². The Kier molecular flexibility index (Phi) is 3.85. The topological polar surface area (TPSA) is 15.3 Å². The van der Waals surface area contributed by atoms with Crippen LogP contribution in [0.1, 0.15) is 36.8 Å². The van der Waals surface area contributed by atoms with Gasteiger partial charge in [-0.1, -0.05) is 6.07 Å². The van der Waals surface area contributed by atoms with E-state index in [1.165, 1.54) is 37.8 Å². The van der Waals surface area contributed by atoms with Crippen LogP contribution in [-0.4, -0.2) is 30.1 Å². The normalized spacial score (nSPS) is 23.2. The summed E-state index contributed by atoms with van der Waals surface area (Å²) in [4.78, 5) is 2.59. The van der Waals surface area contributed by atoms with Gasteiger partial charge in [-0.2, -0.15) is 0 Å². The molecule has 1 saturated heterocycles. The summed E-state index contributed by atoms with van der Waals surface area (Å²) in [5.41, 5.74) is 2.34. The number of nitrogens with zero attached hydrogens (tertiary/aromatic N) is 1. The molecule has 1 saturated carbocycles. The summed E-state index contributed by atoms with van der Waals surface area (Å²) in [6.07, 6.45) is 5.25. The van der Waals surface area contributed by atoms with Crippen LogP contribution in [0.4, 0.5) is 4.39 Å². The standard InChI is InChI=1S/C16H23FN2/c1-12-9-14(17)5-4-13(12)10-19(16-6-7-16)11-15-3-2-8-18-15/h4-5,9,15-16,18H,2-3,6-8,10-11H2,1H3. The second-order valence-electron chi connectivity index (χ2n) is 6.02. The van der Waals surface area contributed by atoms with E-state index in [2.05, 4.69) is 10.2 Å². The lowest BCUT2D eigenvalue weighted by molar-refractivity contribution is 0.230. The first-order valence-electron chi connectivity index (χ1n) is 7.45. The number of aryl methyl sites for hydroxylation is 1. The van der Waals surface area contributed by atoms with Gasteiger partial charge in [0, 0.05) is 25.2 Å². The molecular formula is C16H23FN2. The molecule has 3 heteroatoms. The maximum absolute atomic E-state index is 13.2. The van der Waals surface area contributed by atoms with Gasteiger partial charge < -0.3 is 5.32 Å². The van der Waals surface area contributed by atoms with Crippen molar-refractivity contribution in [2.75, 3.05) is 13.1 Å². The minimum Gasteiger partial charge on any atom is -0.313 e. The molecule has 0 aromatic heterocycles. The third kappa shape index (κ3) is 3.34. The Hall–Kier alpha value is -0.930. The Morgan fingerprint density at radius 3 is 2.79 bits per heavy atom. The Bertz CT molecular complexity index is 436. The van der Waals surface area contributed by atoms with Crippen LogP contribution < -0.4 is 5.32 Å². The smallest absolute Gasteiger partial charge is 0.123 e. The first-order valence-corrected chi connectivity index (χ1v) is 7.45. The molecule has 1 aliphatic heterocycles. The molecule has 0 amide bonds. The predicted octanol–water partition coefficient (Wildman–Crippen LogP) is 2.85. The van der Waals surface area contributed by atoms with Crippen LogP contribution in [0.2, 0.25) is 0 Å². The zero-order valence-electron chi connectivity index (χ0n) is 11.7. The van der Waals surface area contributed by atoms with Crippen molar-refractivity contribution in [3.05, 3.63) is 35.1 Å². The molecule has 1 atom stereocenters. The Balaban J connectivity index is 1.66. The molecule has 19 heavy (non-hydrogen) atoms. The van der Waals surface area contributed by atoms with Crippen molar-refractivity contribution < 1.29 is 4.39 Å². The number of nitrogens with one attached hydrogen (secondary N) is 1. The van der Waals surface area contributed by atoms with E-state index < -0.39 is 0 Å². The minimum atomic E-state index is -0.128. The zero-order chi connectivity index (χ0) is 13.2. The highest BCUT2D eigenvalue weighted by Gasteiger charge is 2.31. The second kappa shape index (κ2) is 5.59. The predicted molar refractivity (Wildman–Crippen MR) is 75.6 cm³/mol. The molecule has 1 aliphatic carbocycles. The lowest BCUT2D eigenvalue weighted by Gasteiger charge is -2.26. The summed E-state index contributed by atoms with van der Waals surface area (Å²) in [5, 5.41) is 3.58. The summed E-state index contributed by atoms with van der Waals surface area (Å²) in [5.74, 6) is -0.128. The maximum atomic E-state index is 13.2. The summed E-state index contributed by atoms with van der Waals surface area (Å²) in [6, 6.07) is 6.59. The third-order valence-corrected chi connectivity index (χ3v) is 4.36. The third-order valence-electron chi connectivity index (χ3n) is 4.36. The van der Waals surface area contributed by atoms with E-state index in [-0.39, 0.29) is 5.82 Å². The molecule has 0 bridgehead atoms. The van der Waals surface area contributed by atoms with Gasteiger partial charge >= 0.3 is 0 Å². The van der Waals surface area contributed by atoms with Gasteiger partial charge in [0.1, 0.15) is 5.82 Å². The SMILES string of the molecule is Cc1cc(F)ccc1CN(CC1CCCN1)C1CC1. The van der Waals surface area contributed by atoms with Gasteiger partial charge in [-0.3, -0.25) is 4.90 Å². The van der Waals surface area contributed by atoms with Crippen molar-refractivity contribution in [2.24, 2.45) is 0 Å². The monoisotopic (exact) mass is 262 g/mol. The minimum absolute atomic E-state index is 0.128. The number of rotatable bonds is 5. The molecule has 2 fully saturated rings. The molecule has 1 N–H and O–H groups in total. The average molecular weight is 262 g/mol. The van der Waals surface area contributed by atoms with Crippen LogP contribution in [0.15, 0.2) is 18.2 Å². The number of halogens is 1. The summed E-state index contributed by atoms with van der Waals surface area (Å²) in [6.45, 7) is 5.28. The fourth-order valence-corrected chi connectivity index (χ4v) is 3.03. The van der Waals surface area contributed by atoms with E-state index in [4.69, 9.17) is 0 Å². The molecule has 3 rings (SSSR count). The number of hydrogen-bond donors (Lipinski definition) is 1. The van der Waals surface area contributed by atoms with E-state index in [0.717, 1.165) is 24.7 Å². The van der Waals surface area contributed by atoms with Gasteiger partial charge in [0.15, 0.2) is 0 Å². The lowest BCUT2D eigenvalue weighted by atomic mass is 10.1. The van der Waals surface area contributed by atoms with Crippen LogP contribution in [0.25, 0.3) is 0 Å². The molecule has 2 nitrogen and oxygen atoms in total. The summed E-state index contributed by atoms with van der Waals surface area (Å²) < 4.78 is 13.2. The Morgan fingerprint density at radius 2 is 2.16 bits per heavy atom. The van der Waals surface area contributed by atoms with Gasteiger partial charge in [-0.05, 0) is 62.4 Å². The van der Waals surface area contributed by atoms with E-state index >= 15 is 0 Å². The van der Waals surface area contributed by atoms with Crippen LogP contribution >= 0.6 is 0 Å². The number of benzene rings is 1. The van der Waals surface area contributed by atoms with Crippen LogP contribution in [0.3, 0.4) is 0 Å². The Morgan fingerprint density at radius 1 is 1.32 bits per heavy atom. The molecule has 1 heterocycles. The van der Waals surface area contributed by atoms with E-state index in [1.807, 2.05) is 13.0 Å². The van der Waals surface area contributed by atoms with Gasteiger partial charge in [-0.15, -0.1) is 0 Å². The fourth-order valence-electron chi connectivity index (χ4n) is 3.03.